The van der Waals surface area contributed by atoms with Crippen LogP contribution in [0.4, 0.5) is 0 Å². The van der Waals surface area contributed by atoms with E-state index in [4.69, 9.17) is 4.42 Å². The second kappa shape index (κ2) is 7.84. The van der Waals surface area contributed by atoms with Crippen molar-refractivity contribution in [3.05, 3.63) is 48.6 Å². The van der Waals surface area contributed by atoms with Crippen LogP contribution in [0.3, 0.4) is 0 Å². The highest BCUT2D eigenvalue weighted by atomic mass is 32.2. The number of fused-ring (bicyclic) bond motifs is 1. The Morgan fingerprint density at radius 2 is 2.16 bits per heavy atom. The quantitative estimate of drug-likeness (QED) is 0.637. The van der Waals surface area contributed by atoms with Crippen molar-refractivity contribution in [2.75, 3.05) is 19.3 Å². The van der Waals surface area contributed by atoms with Crippen LogP contribution in [0, 0.1) is 0 Å². The molecule has 0 bridgehead atoms. The van der Waals surface area contributed by atoms with E-state index in [0.29, 0.717) is 17.5 Å². The van der Waals surface area contributed by atoms with Crippen LogP contribution in [0.1, 0.15) is 5.76 Å². The molecule has 0 aliphatic heterocycles. The van der Waals surface area contributed by atoms with Gasteiger partial charge in [-0.25, -0.2) is 0 Å². The van der Waals surface area contributed by atoms with Crippen LogP contribution in [0.2, 0.25) is 0 Å². The summed E-state index contributed by atoms with van der Waals surface area (Å²) in [5, 5.41) is 11.4. The molecule has 0 saturated carbocycles. The third kappa shape index (κ3) is 4.38. The maximum Gasteiger partial charge on any atom is 0.239 e. The first-order valence-electron chi connectivity index (χ1n) is 7.59. The summed E-state index contributed by atoms with van der Waals surface area (Å²) in [7, 11) is 1.59. The van der Waals surface area contributed by atoms with Crippen molar-refractivity contribution in [2.24, 2.45) is 0 Å². The topological polar surface area (TPSA) is 92.7 Å². The first-order valence-corrected chi connectivity index (χ1v) is 8.57. The summed E-state index contributed by atoms with van der Waals surface area (Å²) >= 11 is 1.28. The first kappa shape index (κ1) is 17.0. The molecule has 3 rings (SSSR count). The van der Waals surface area contributed by atoms with Crippen molar-refractivity contribution in [3.63, 3.8) is 0 Å². The number of amides is 2. The van der Waals surface area contributed by atoms with Crippen molar-refractivity contribution in [3.8, 4) is 0 Å². The number of aromatic nitrogens is 3. The van der Waals surface area contributed by atoms with Crippen molar-refractivity contribution in [1.82, 2.24) is 24.8 Å². The molecule has 9 heteroatoms. The van der Waals surface area contributed by atoms with Crippen molar-refractivity contribution < 1.29 is 14.0 Å². The van der Waals surface area contributed by atoms with E-state index in [0.717, 1.165) is 5.65 Å². The lowest BCUT2D eigenvalue weighted by atomic mass is 10.4. The van der Waals surface area contributed by atoms with E-state index in [1.807, 2.05) is 28.8 Å². The Balaban J connectivity index is 1.46. The van der Waals surface area contributed by atoms with Gasteiger partial charge in [0.2, 0.25) is 11.8 Å². The van der Waals surface area contributed by atoms with Gasteiger partial charge in [-0.3, -0.25) is 14.0 Å². The van der Waals surface area contributed by atoms with E-state index in [9.17, 15) is 9.59 Å². The van der Waals surface area contributed by atoms with E-state index in [2.05, 4.69) is 15.5 Å². The lowest BCUT2D eigenvalue weighted by molar-refractivity contribution is -0.132. The number of likely N-dealkylation sites (N-methyl/N-ethyl adjacent to an activating group) is 1. The Morgan fingerprint density at radius 1 is 1.28 bits per heavy atom. The predicted octanol–water partition coefficient (Wildman–Crippen LogP) is 1.19. The van der Waals surface area contributed by atoms with Gasteiger partial charge < -0.3 is 14.6 Å². The molecular formula is C16H17N5O3S. The zero-order chi connectivity index (χ0) is 17.6. The van der Waals surface area contributed by atoms with Gasteiger partial charge >= 0.3 is 0 Å². The van der Waals surface area contributed by atoms with Crippen molar-refractivity contribution in [1.29, 1.82) is 0 Å². The van der Waals surface area contributed by atoms with E-state index in [1.54, 1.807) is 25.4 Å². The van der Waals surface area contributed by atoms with E-state index in [1.165, 1.54) is 16.7 Å². The van der Waals surface area contributed by atoms with Gasteiger partial charge in [-0.15, -0.1) is 10.2 Å². The summed E-state index contributed by atoms with van der Waals surface area (Å²) in [6.07, 6.45) is 3.39. The summed E-state index contributed by atoms with van der Waals surface area (Å²) in [5.74, 6) is 0.435. The van der Waals surface area contributed by atoms with Gasteiger partial charge in [0.15, 0.2) is 10.8 Å². The zero-order valence-corrected chi connectivity index (χ0v) is 14.4. The standard InChI is InChI=1S/C16H17N5O3S/c1-20(10-14(22)17-9-12-5-4-8-24-12)15(23)11-25-16-19-18-13-6-2-3-7-21(13)16/h2-8H,9-11H2,1H3,(H,17,22). The molecule has 0 spiro atoms. The average molecular weight is 359 g/mol. The molecule has 1 N–H and O–H groups in total. The minimum atomic E-state index is -0.245. The molecule has 0 aromatic carbocycles. The number of nitrogens with one attached hydrogen (secondary N) is 1. The van der Waals surface area contributed by atoms with Crippen LogP contribution in [0.25, 0.3) is 5.65 Å². The molecule has 0 aliphatic rings. The summed E-state index contributed by atoms with van der Waals surface area (Å²) < 4.78 is 6.95. The van der Waals surface area contributed by atoms with Gasteiger partial charge in [0.25, 0.3) is 0 Å². The number of rotatable bonds is 7. The fourth-order valence-corrected chi connectivity index (χ4v) is 2.98. The lowest BCUT2D eigenvalue weighted by Gasteiger charge is -2.16. The third-order valence-corrected chi connectivity index (χ3v) is 4.38. The van der Waals surface area contributed by atoms with Crippen LogP contribution >= 0.6 is 11.8 Å². The molecule has 0 fully saturated rings. The zero-order valence-electron chi connectivity index (χ0n) is 13.6. The Labute approximate surface area is 148 Å². The fraction of sp³-hybridized carbons (Fsp3) is 0.250. The number of thioether (sulfide) groups is 1. The molecule has 0 aliphatic carbocycles. The molecule has 25 heavy (non-hydrogen) atoms. The van der Waals surface area contributed by atoms with Crippen LogP contribution in [-0.4, -0.2) is 50.7 Å². The Kier molecular flexibility index (Phi) is 5.34. The third-order valence-electron chi connectivity index (χ3n) is 3.45. The van der Waals surface area contributed by atoms with Gasteiger partial charge in [-0.2, -0.15) is 0 Å². The molecule has 0 radical (unpaired) electrons. The summed E-state index contributed by atoms with van der Waals surface area (Å²) in [4.78, 5) is 25.5. The van der Waals surface area contributed by atoms with Crippen LogP contribution in [0.5, 0.6) is 0 Å². The monoisotopic (exact) mass is 359 g/mol. The van der Waals surface area contributed by atoms with Gasteiger partial charge in [-0.1, -0.05) is 17.8 Å². The highest BCUT2D eigenvalue weighted by Crippen LogP contribution is 2.16. The summed E-state index contributed by atoms with van der Waals surface area (Å²) in [6.45, 7) is 0.287. The van der Waals surface area contributed by atoms with E-state index in [-0.39, 0.29) is 24.1 Å². The van der Waals surface area contributed by atoms with Gasteiger partial charge in [0.1, 0.15) is 5.76 Å². The molecule has 3 aromatic rings. The van der Waals surface area contributed by atoms with Crippen LogP contribution in [-0.2, 0) is 16.1 Å². The van der Waals surface area contributed by atoms with Crippen LogP contribution < -0.4 is 5.32 Å². The number of nitrogens with zero attached hydrogens (tertiary/aromatic N) is 4. The number of hydrogen-bond donors (Lipinski definition) is 1. The Hall–Kier alpha value is -2.81. The number of carbonyl (C=O) groups excluding carboxylic acids is 2. The van der Waals surface area contributed by atoms with Crippen molar-refractivity contribution in [2.45, 2.75) is 11.7 Å². The van der Waals surface area contributed by atoms with Crippen LogP contribution in [0.15, 0.2) is 52.4 Å². The van der Waals surface area contributed by atoms with Crippen molar-refractivity contribution >= 4 is 29.2 Å². The molecule has 3 heterocycles. The van der Waals surface area contributed by atoms with Gasteiger partial charge in [-0.05, 0) is 24.3 Å². The van der Waals surface area contributed by atoms with Gasteiger partial charge in [0.05, 0.1) is 25.1 Å². The molecule has 3 aromatic heterocycles. The van der Waals surface area contributed by atoms with E-state index >= 15 is 0 Å². The number of hydrogen-bond acceptors (Lipinski definition) is 6. The molecular weight excluding hydrogens is 342 g/mol. The summed E-state index contributed by atoms with van der Waals surface area (Å²) in [6, 6.07) is 9.11. The highest BCUT2D eigenvalue weighted by Gasteiger charge is 2.15. The Bertz CT molecular complexity index is 862. The normalized spacial score (nSPS) is 10.8. The summed E-state index contributed by atoms with van der Waals surface area (Å²) in [5.41, 5.74) is 0.725. The highest BCUT2D eigenvalue weighted by molar-refractivity contribution is 7.99. The molecule has 0 saturated heterocycles. The maximum absolute atomic E-state index is 12.2. The Morgan fingerprint density at radius 3 is 2.96 bits per heavy atom. The average Bonchev–Trinajstić information content (AvgIpc) is 3.27. The minimum Gasteiger partial charge on any atom is -0.467 e. The number of furan rings is 1. The number of pyridine rings is 1. The smallest absolute Gasteiger partial charge is 0.239 e. The van der Waals surface area contributed by atoms with Gasteiger partial charge in [0, 0.05) is 13.2 Å². The second-order valence-electron chi connectivity index (χ2n) is 5.31. The predicted molar refractivity (Wildman–Crippen MR) is 91.9 cm³/mol. The number of carbonyl (C=O) groups is 2. The largest absolute Gasteiger partial charge is 0.467 e. The van der Waals surface area contributed by atoms with E-state index < -0.39 is 0 Å². The fourth-order valence-electron chi connectivity index (χ4n) is 2.11. The molecule has 8 nitrogen and oxygen atoms in total. The lowest BCUT2D eigenvalue weighted by Crippen LogP contribution is -2.38. The SMILES string of the molecule is CN(CC(=O)NCc1ccco1)C(=O)CSc1nnc2ccccn12. The molecule has 0 atom stereocenters. The molecule has 2 amide bonds. The maximum atomic E-state index is 12.2. The second-order valence-corrected chi connectivity index (χ2v) is 6.25. The minimum absolute atomic E-state index is 0.0132. The molecule has 130 valence electrons. The first-order chi connectivity index (χ1) is 12.1. The molecule has 0 unspecified atom stereocenters.